The van der Waals surface area contributed by atoms with E-state index in [4.69, 9.17) is 31.5 Å². The van der Waals surface area contributed by atoms with E-state index in [1.165, 1.54) is 26.4 Å². The third-order valence-electron chi connectivity index (χ3n) is 3.31. The number of hydrogen-bond donors (Lipinski definition) is 2. The topological polar surface area (TPSA) is 113 Å². The molecule has 0 aliphatic rings. The summed E-state index contributed by atoms with van der Waals surface area (Å²) in [6.07, 6.45) is 1.60. The molecule has 2 aromatic rings. The van der Waals surface area contributed by atoms with Crippen molar-refractivity contribution in [3.63, 3.8) is 0 Å². The fraction of sp³-hybridized carbons (Fsp3) is 0.235. The van der Waals surface area contributed by atoms with E-state index in [-0.39, 0.29) is 41.1 Å². The maximum Gasteiger partial charge on any atom is 0.255 e. The standard InChI is InChI=1S/C17H18ClN3O5/c1-24-13-6-11(5-12(18)16(13)26-9-14(19)22)17(23)21-8-10-3-4-15(25-2)20-7-10/h3-7H,8-9H2,1-2H3,(H2,19,22)(H,21,23). The first-order valence-corrected chi connectivity index (χ1v) is 7.88. The number of pyridine rings is 1. The molecule has 0 saturated heterocycles. The molecule has 0 aliphatic carbocycles. The molecular formula is C17H18ClN3O5. The van der Waals surface area contributed by atoms with Gasteiger partial charge < -0.3 is 25.3 Å². The van der Waals surface area contributed by atoms with E-state index in [9.17, 15) is 9.59 Å². The van der Waals surface area contributed by atoms with Crippen LogP contribution in [0.5, 0.6) is 17.4 Å². The third kappa shape index (κ3) is 5.00. The molecule has 0 fully saturated rings. The number of methoxy groups -OCH3 is 2. The second kappa shape index (κ2) is 8.91. The van der Waals surface area contributed by atoms with Crippen molar-refractivity contribution in [2.24, 2.45) is 5.73 Å². The van der Waals surface area contributed by atoms with Crippen molar-refractivity contribution in [1.82, 2.24) is 10.3 Å². The molecule has 3 N–H and O–H groups in total. The van der Waals surface area contributed by atoms with Crippen molar-refractivity contribution in [2.75, 3.05) is 20.8 Å². The molecule has 2 amide bonds. The lowest BCUT2D eigenvalue weighted by atomic mass is 10.1. The minimum absolute atomic E-state index is 0.127. The highest BCUT2D eigenvalue weighted by Gasteiger charge is 2.16. The molecule has 0 radical (unpaired) electrons. The first-order valence-electron chi connectivity index (χ1n) is 7.50. The van der Waals surface area contributed by atoms with Crippen LogP contribution in [0, 0.1) is 0 Å². The number of nitrogens with two attached hydrogens (primary N) is 1. The zero-order valence-electron chi connectivity index (χ0n) is 14.2. The maximum atomic E-state index is 12.4. The van der Waals surface area contributed by atoms with Crippen molar-refractivity contribution < 1.29 is 23.8 Å². The summed E-state index contributed by atoms with van der Waals surface area (Å²) in [7, 11) is 2.92. The Morgan fingerprint density at radius 2 is 2.00 bits per heavy atom. The number of amides is 2. The molecule has 2 rings (SSSR count). The number of aromatic nitrogens is 1. The number of hydrogen-bond acceptors (Lipinski definition) is 6. The van der Waals surface area contributed by atoms with Crippen LogP contribution in [0.25, 0.3) is 0 Å². The number of nitrogens with zero attached hydrogens (tertiary/aromatic N) is 1. The Hall–Kier alpha value is -3.00. The SMILES string of the molecule is COc1ccc(CNC(=O)c2cc(Cl)c(OCC(N)=O)c(OC)c2)cn1. The summed E-state index contributed by atoms with van der Waals surface area (Å²) in [4.78, 5) is 27.3. The van der Waals surface area contributed by atoms with Gasteiger partial charge in [-0.05, 0) is 17.7 Å². The second-order valence-electron chi connectivity index (χ2n) is 5.14. The van der Waals surface area contributed by atoms with Crippen LogP contribution in [-0.2, 0) is 11.3 Å². The highest BCUT2D eigenvalue weighted by molar-refractivity contribution is 6.32. The molecule has 1 aromatic carbocycles. The van der Waals surface area contributed by atoms with Gasteiger partial charge in [0.1, 0.15) is 0 Å². The third-order valence-corrected chi connectivity index (χ3v) is 3.59. The molecule has 0 atom stereocenters. The normalized spacial score (nSPS) is 10.1. The lowest BCUT2D eigenvalue weighted by Crippen LogP contribution is -2.23. The van der Waals surface area contributed by atoms with Crippen LogP contribution in [0.4, 0.5) is 0 Å². The number of carbonyl (C=O) groups is 2. The molecular weight excluding hydrogens is 362 g/mol. The zero-order chi connectivity index (χ0) is 19.1. The minimum atomic E-state index is -0.655. The minimum Gasteiger partial charge on any atom is -0.493 e. The number of primary amides is 1. The van der Waals surface area contributed by atoms with Crippen molar-refractivity contribution >= 4 is 23.4 Å². The second-order valence-corrected chi connectivity index (χ2v) is 5.54. The molecule has 8 nitrogen and oxygen atoms in total. The van der Waals surface area contributed by atoms with E-state index in [1.54, 1.807) is 18.3 Å². The van der Waals surface area contributed by atoms with Crippen molar-refractivity contribution in [2.45, 2.75) is 6.54 Å². The zero-order valence-corrected chi connectivity index (χ0v) is 15.0. The van der Waals surface area contributed by atoms with Crippen LogP contribution in [0.2, 0.25) is 5.02 Å². The maximum absolute atomic E-state index is 12.4. The molecule has 26 heavy (non-hydrogen) atoms. The van der Waals surface area contributed by atoms with Gasteiger partial charge in [-0.2, -0.15) is 0 Å². The van der Waals surface area contributed by atoms with Gasteiger partial charge in [0, 0.05) is 24.4 Å². The molecule has 138 valence electrons. The van der Waals surface area contributed by atoms with E-state index >= 15 is 0 Å². The summed E-state index contributed by atoms with van der Waals surface area (Å²) in [5, 5.41) is 2.88. The molecule has 1 aromatic heterocycles. The fourth-order valence-electron chi connectivity index (χ4n) is 2.05. The summed E-state index contributed by atoms with van der Waals surface area (Å²) >= 11 is 6.13. The summed E-state index contributed by atoms with van der Waals surface area (Å²) in [6, 6.07) is 6.37. The molecule has 0 bridgehead atoms. The average molecular weight is 380 g/mol. The number of ether oxygens (including phenoxy) is 3. The lowest BCUT2D eigenvalue weighted by molar-refractivity contribution is -0.119. The Morgan fingerprint density at radius 1 is 1.23 bits per heavy atom. The van der Waals surface area contributed by atoms with Crippen LogP contribution in [-0.4, -0.2) is 37.6 Å². The van der Waals surface area contributed by atoms with E-state index in [0.29, 0.717) is 5.88 Å². The van der Waals surface area contributed by atoms with Crippen LogP contribution in [0.3, 0.4) is 0 Å². The smallest absolute Gasteiger partial charge is 0.255 e. The van der Waals surface area contributed by atoms with Crippen molar-refractivity contribution in [3.05, 3.63) is 46.6 Å². The number of nitrogens with one attached hydrogen (secondary N) is 1. The van der Waals surface area contributed by atoms with Crippen LogP contribution < -0.4 is 25.3 Å². The van der Waals surface area contributed by atoms with Gasteiger partial charge in [-0.3, -0.25) is 9.59 Å². The van der Waals surface area contributed by atoms with Gasteiger partial charge >= 0.3 is 0 Å². The number of carbonyl (C=O) groups excluding carboxylic acids is 2. The predicted octanol–water partition coefficient (Wildman–Crippen LogP) is 1.55. The van der Waals surface area contributed by atoms with Gasteiger partial charge in [0.2, 0.25) is 5.88 Å². The van der Waals surface area contributed by atoms with E-state index in [2.05, 4.69) is 10.3 Å². The Kier molecular flexibility index (Phi) is 6.62. The van der Waals surface area contributed by atoms with Crippen LogP contribution in [0.1, 0.15) is 15.9 Å². The summed E-state index contributed by atoms with van der Waals surface area (Å²) in [5.41, 5.74) is 6.13. The highest BCUT2D eigenvalue weighted by Crippen LogP contribution is 2.36. The fourth-order valence-corrected chi connectivity index (χ4v) is 2.32. The van der Waals surface area contributed by atoms with Gasteiger partial charge in [-0.25, -0.2) is 4.98 Å². The van der Waals surface area contributed by atoms with E-state index in [0.717, 1.165) is 5.56 Å². The van der Waals surface area contributed by atoms with Crippen LogP contribution in [0.15, 0.2) is 30.5 Å². The number of benzene rings is 1. The Labute approximate surface area is 155 Å². The van der Waals surface area contributed by atoms with E-state index in [1.807, 2.05) is 0 Å². The first-order chi connectivity index (χ1) is 12.4. The monoisotopic (exact) mass is 379 g/mol. The van der Waals surface area contributed by atoms with Crippen LogP contribution >= 0.6 is 11.6 Å². The quantitative estimate of drug-likeness (QED) is 0.719. The van der Waals surface area contributed by atoms with Crippen molar-refractivity contribution in [3.8, 4) is 17.4 Å². The first kappa shape index (κ1) is 19.3. The van der Waals surface area contributed by atoms with Gasteiger partial charge in [-0.15, -0.1) is 0 Å². The molecule has 0 unspecified atom stereocenters. The predicted molar refractivity (Wildman–Crippen MR) is 94.7 cm³/mol. The number of halogens is 1. The lowest BCUT2D eigenvalue weighted by Gasteiger charge is -2.13. The summed E-state index contributed by atoms with van der Waals surface area (Å²) < 4.78 is 15.4. The Balaban J connectivity index is 2.10. The molecule has 1 heterocycles. The molecule has 0 saturated carbocycles. The average Bonchev–Trinajstić information content (AvgIpc) is 2.64. The Morgan fingerprint density at radius 3 is 2.58 bits per heavy atom. The molecule has 0 aliphatic heterocycles. The van der Waals surface area contributed by atoms with E-state index < -0.39 is 5.91 Å². The molecule has 0 spiro atoms. The summed E-state index contributed by atoms with van der Waals surface area (Å²) in [6.45, 7) is -0.0816. The summed E-state index contributed by atoms with van der Waals surface area (Å²) in [5.74, 6) is -0.164. The van der Waals surface area contributed by atoms with Gasteiger partial charge in [0.25, 0.3) is 11.8 Å². The van der Waals surface area contributed by atoms with Gasteiger partial charge in [0.05, 0.1) is 19.2 Å². The largest absolute Gasteiger partial charge is 0.493 e. The van der Waals surface area contributed by atoms with Crippen molar-refractivity contribution in [1.29, 1.82) is 0 Å². The molecule has 9 heteroatoms. The highest BCUT2D eigenvalue weighted by atomic mass is 35.5. The van der Waals surface area contributed by atoms with Gasteiger partial charge in [0.15, 0.2) is 18.1 Å². The Bertz CT molecular complexity index is 796. The number of rotatable bonds is 8. The van der Waals surface area contributed by atoms with Gasteiger partial charge in [-0.1, -0.05) is 17.7 Å².